The molecule has 0 aromatic heterocycles. The molecule has 0 unspecified atom stereocenters. The summed E-state index contributed by atoms with van der Waals surface area (Å²) in [6, 6.07) is 2.63. The number of carbonyl (C=O) groups excluding carboxylic acids is 2. The lowest BCUT2D eigenvalue weighted by atomic mass is 10.1. The number of benzene rings is 1. The van der Waals surface area contributed by atoms with Crippen molar-refractivity contribution >= 4 is 40.3 Å². The lowest BCUT2D eigenvalue weighted by Gasteiger charge is -2.01. The largest absolute Gasteiger partial charge is 0.298 e. The predicted octanol–water partition coefficient (Wildman–Crippen LogP) is 2.21. The van der Waals surface area contributed by atoms with Crippen molar-refractivity contribution in [3.63, 3.8) is 0 Å². The predicted molar refractivity (Wildman–Crippen MR) is 61.2 cm³/mol. The first-order chi connectivity index (χ1) is 6.97. The molecule has 0 saturated carbocycles. The summed E-state index contributed by atoms with van der Waals surface area (Å²) in [7, 11) is 0. The highest BCUT2D eigenvalue weighted by Gasteiger charge is 2.20. The van der Waals surface area contributed by atoms with Crippen molar-refractivity contribution in [2.24, 2.45) is 0 Å². The molecular weight excluding hydrogens is 313 g/mol. The van der Waals surface area contributed by atoms with Crippen LogP contribution in [0.5, 0.6) is 0 Å². The van der Waals surface area contributed by atoms with E-state index in [1.54, 1.807) is 22.6 Å². The topological polar surface area (TPSA) is 77.3 Å². The van der Waals surface area contributed by atoms with E-state index in [-0.39, 0.29) is 20.6 Å². The second kappa shape index (κ2) is 4.47. The van der Waals surface area contributed by atoms with Gasteiger partial charge in [0.15, 0.2) is 12.1 Å². The van der Waals surface area contributed by atoms with Gasteiger partial charge in [0.1, 0.15) is 0 Å². The van der Waals surface area contributed by atoms with Crippen molar-refractivity contribution in [2.75, 3.05) is 0 Å². The molecule has 0 amide bonds. The number of ketones is 1. The van der Waals surface area contributed by atoms with Gasteiger partial charge in [-0.2, -0.15) is 0 Å². The number of hydrogen-bond donors (Lipinski definition) is 0. The van der Waals surface area contributed by atoms with E-state index in [9.17, 15) is 19.7 Å². The van der Waals surface area contributed by atoms with Crippen LogP contribution in [-0.4, -0.2) is 17.0 Å². The molecule has 0 aliphatic heterocycles. The number of carbonyl (C=O) groups is 2. The molecule has 0 spiro atoms. The quantitative estimate of drug-likeness (QED) is 0.281. The zero-order valence-electron chi connectivity index (χ0n) is 7.69. The molecule has 0 N–H and O–H groups in total. The monoisotopic (exact) mass is 319 g/mol. The molecule has 78 valence electrons. The number of aldehydes is 1. The van der Waals surface area contributed by atoms with Gasteiger partial charge >= 0.3 is 0 Å². The molecule has 1 aromatic carbocycles. The van der Waals surface area contributed by atoms with Crippen LogP contribution in [0.4, 0.5) is 5.69 Å². The zero-order chi connectivity index (χ0) is 11.6. The molecule has 1 rings (SSSR count). The minimum absolute atomic E-state index is 0.0721. The van der Waals surface area contributed by atoms with Crippen molar-refractivity contribution in [1.82, 2.24) is 0 Å². The van der Waals surface area contributed by atoms with Crippen LogP contribution in [0.3, 0.4) is 0 Å². The fourth-order valence-electron chi connectivity index (χ4n) is 1.11. The lowest BCUT2D eigenvalue weighted by Crippen LogP contribution is -2.01. The highest BCUT2D eigenvalue weighted by Crippen LogP contribution is 2.26. The number of halogens is 1. The fraction of sp³-hybridized carbons (Fsp3) is 0.111. The van der Waals surface area contributed by atoms with Crippen LogP contribution >= 0.6 is 22.6 Å². The second-order valence-electron chi connectivity index (χ2n) is 2.83. The first-order valence-electron chi connectivity index (χ1n) is 3.91. The maximum atomic E-state index is 11.1. The summed E-state index contributed by atoms with van der Waals surface area (Å²) in [6.45, 7) is 1.34. The van der Waals surface area contributed by atoms with Crippen molar-refractivity contribution in [2.45, 2.75) is 6.92 Å². The lowest BCUT2D eigenvalue weighted by molar-refractivity contribution is -0.386. The van der Waals surface area contributed by atoms with Crippen LogP contribution in [0.2, 0.25) is 0 Å². The Morgan fingerprint density at radius 3 is 2.53 bits per heavy atom. The highest BCUT2D eigenvalue weighted by atomic mass is 127. The van der Waals surface area contributed by atoms with Crippen LogP contribution in [0.25, 0.3) is 0 Å². The normalized spacial score (nSPS) is 9.73. The smallest absolute Gasteiger partial charge is 0.293 e. The molecular formula is C9H6INO4. The zero-order valence-corrected chi connectivity index (χ0v) is 9.85. The van der Waals surface area contributed by atoms with Gasteiger partial charge < -0.3 is 0 Å². The Hall–Kier alpha value is -1.31. The molecule has 0 heterocycles. The molecule has 0 aliphatic carbocycles. The van der Waals surface area contributed by atoms with Crippen LogP contribution in [0, 0.1) is 13.7 Å². The van der Waals surface area contributed by atoms with Gasteiger partial charge in [0.25, 0.3) is 5.69 Å². The molecule has 0 saturated heterocycles. The van der Waals surface area contributed by atoms with Crippen LogP contribution in [0.1, 0.15) is 27.6 Å². The third kappa shape index (κ3) is 2.38. The molecule has 0 bridgehead atoms. The summed E-state index contributed by atoms with van der Waals surface area (Å²) >= 11 is 1.73. The maximum Gasteiger partial charge on any atom is 0.293 e. The molecule has 6 heteroatoms. The second-order valence-corrected chi connectivity index (χ2v) is 3.99. The Morgan fingerprint density at radius 1 is 1.53 bits per heavy atom. The molecule has 1 aromatic rings. The number of nitro benzene ring substituents is 1. The summed E-state index contributed by atoms with van der Waals surface area (Å²) in [6.07, 6.45) is 0.382. The molecule has 5 nitrogen and oxygen atoms in total. The number of hydrogen-bond acceptors (Lipinski definition) is 4. The van der Waals surface area contributed by atoms with Crippen LogP contribution in [0.15, 0.2) is 12.1 Å². The summed E-state index contributed by atoms with van der Waals surface area (Å²) in [4.78, 5) is 31.7. The highest BCUT2D eigenvalue weighted by molar-refractivity contribution is 14.1. The van der Waals surface area contributed by atoms with E-state index in [1.807, 2.05) is 0 Å². The van der Waals surface area contributed by atoms with Crippen molar-refractivity contribution in [1.29, 1.82) is 0 Å². The average molecular weight is 319 g/mol. The van der Waals surface area contributed by atoms with E-state index >= 15 is 0 Å². The summed E-state index contributed by atoms with van der Waals surface area (Å²) < 4.78 is 0.285. The Kier molecular flexibility index (Phi) is 3.51. The standard InChI is InChI=1S/C9H6INO4/c1-5(13)6-2-7(4-12)9(11(14)15)8(10)3-6/h2-4H,1H3. The third-order valence-corrected chi connectivity index (χ3v) is 2.63. The van der Waals surface area contributed by atoms with E-state index in [1.165, 1.54) is 19.1 Å². The fourth-order valence-corrected chi connectivity index (χ4v) is 1.95. The van der Waals surface area contributed by atoms with Crippen molar-refractivity contribution in [3.05, 3.63) is 36.9 Å². The summed E-state index contributed by atoms with van der Waals surface area (Å²) in [5.41, 5.74) is -0.0280. The Balaban J connectivity index is 3.50. The van der Waals surface area contributed by atoms with E-state index in [0.717, 1.165) is 0 Å². The number of nitro groups is 1. The van der Waals surface area contributed by atoms with Crippen LogP contribution in [-0.2, 0) is 0 Å². The molecule has 0 aliphatic rings. The van der Waals surface area contributed by atoms with Gasteiger partial charge in [0.2, 0.25) is 0 Å². The van der Waals surface area contributed by atoms with Gasteiger partial charge in [0.05, 0.1) is 14.1 Å². The number of nitrogens with zero attached hydrogens (tertiary/aromatic N) is 1. The summed E-state index contributed by atoms with van der Waals surface area (Å²) in [5, 5.41) is 10.6. The Morgan fingerprint density at radius 2 is 2.13 bits per heavy atom. The first kappa shape index (κ1) is 11.8. The van der Waals surface area contributed by atoms with Gasteiger partial charge in [-0.3, -0.25) is 19.7 Å². The van der Waals surface area contributed by atoms with E-state index < -0.39 is 4.92 Å². The number of rotatable bonds is 3. The van der Waals surface area contributed by atoms with Crippen molar-refractivity contribution in [3.8, 4) is 0 Å². The minimum atomic E-state index is -0.630. The van der Waals surface area contributed by atoms with Gasteiger partial charge in [-0.1, -0.05) is 0 Å². The minimum Gasteiger partial charge on any atom is -0.298 e. The van der Waals surface area contributed by atoms with E-state index in [0.29, 0.717) is 11.8 Å². The van der Waals surface area contributed by atoms with Gasteiger partial charge in [-0.15, -0.1) is 0 Å². The third-order valence-electron chi connectivity index (χ3n) is 1.81. The molecule has 0 atom stereocenters. The van der Waals surface area contributed by atoms with Crippen molar-refractivity contribution < 1.29 is 14.5 Å². The first-order valence-corrected chi connectivity index (χ1v) is 4.99. The number of Topliss-reactive ketones (excluding diaryl/α,β-unsaturated/α-hetero) is 1. The molecule has 0 fully saturated rings. The Bertz CT molecular complexity index is 456. The summed E-state index contributed by atoms with van der Waals surface area (Å²) in [5.74, 6) is -0.231. The molecule has 15 heavy (non-hydrogen) atoms. The van der Waals surface area contributed by atoms with Gasteiger partial charge in [0, 0.05) is 5.56 Å². The van der Waals surface area contributed by atoms with E-state index in [2.05, 4.69) is 0 Å². The Labute approximate surface area is 98.8 Å². The SMILES string of the molecule is CC(=O)c1cc(I)c([N+](=O)[O-])c(C=O)c1. The maximum absolute atomic E-state index is 11.1. The average Bonchev–Trinajstić information content (AvgIpc) is 2.15. The van der Waals surface area contributed by atoms with Crippen LogP contribution < -0.4 is 0 Å². The van der Waals surface area contributed by atoms with Gasteiger partial charge in [-0.05, 0) is 41.6 Å². The van der Waals surface area contributed by atoms with E-state index in [4.69, 9.17) is 0 Å². The molecule has 0 radical (unpaired) electrons. The van der Waals surface area contributed by atoms with Gasteiger partial charge in [-0.25, -0.2) is 0 Å².